The van der Waals surface area contributed by atoms with Crippen molar-refractivity contribution < 1.29 is 18.7 Å². The summed E-state index contributed by atoms with van der Waals surface area (Å²) in [6.07, 6.45) is -2.64. The molecule has 0 bridgehead atoms. The van der Waals surface area contributed by atoms with Crippen molar-refractivity contribution in [3.8, 4) is 0 Å². The number of aliphatic hydroxyl groups excluding tert-OH is 1. The predicted molar refractivity (Wildman–Crippen MR) is 67.5 cm³/mol. The quantitative estimate of drug-likeness (QED) is 0.815. The van der Waals surface area contributed by atoms with Crippen LogP contribution in [0.25, 0.3) is 0 Å². The molecule has 0 atom stereocenters. The molecule has 1 aromatic rings. The first-order chi connectivity index (χ1) is 8.97. The van der Waals surface area contributed by atoms with Gasteiger partial charge in [-0.15, -0.1) is 0 Å². The number of nitrogens with zero attached hydrogens (tertiary/aromatic N) is 2. The molecule has 1 aromatic heterocycles. The van der Waals surface area contributed by atoms with Crippen molar-refractivity contribution in [1.82, 2.24) is 9.88 Å². The molecule has 0 radical (unpaired) electrons. The number of aryl methyl sites for hydroxylation is 1. The highest BCUT2D eigenvalue weighted by molar-refractivity contribution is 5.95. The molecule has 1 rings (SSSR count). The third-order valence-corrected chi connectivity index (χ3v) is 2.47. The number of carbonyl (C=O) groups is 1. The number of alkyl halides is 2. The number of aromatic nitrogens is 1. The van der Waals surface area contributed by atoms with Crippen LogP contribution in [-0.4, -0.2) is 54.1 Å². The van der Waals surface area contributed by atoms with E-state index in [9.17, 15) is 13.6 Å². The van der Waals surface area contributed by atoms with Crippen LogP contribution in [0.5, 0.6) is 0 Å². The minimum Gasteiger partial charge on any atom is -0.395 e. The summed E-state index contributed by atoms with van der Waals surface area (Å²) in [5, 5.41) is 11.6. The maximum absolute atomic E-state index is 12.4. The number of rotatable bonds is 6. The fourth-order valence-corrected chi connectivity index (χ4v) is 1.67. The van der Waals surface area contributed by atoms with Crippen LogP contribution < -0.4 is 5.32 Å². The Morgan fingerprint density at radius 1 is 1.53 bits per heavy atom. The number of halogens is 2. The summed E-state index contributed by atoms with van der Waals surface area (Å²) in [7, 11) is 1.65. The number of aliphatic hydroxyl groups is 1. The first-order valence-corrected chi connectivity index (χ1v) is 5.82. The molecule has 0 unspecified atom stereocenters. The van der Waals surface area contributed by atoms with Crippen molar-refractivity contribution >= 4 is 11.7 Å². The molecule has 0 aliphatic rings. The molecule has 106 valence electrons. The number of hydrogen-bond donors (Lipinski definition) is 2. The Hall–Kier alpha value is -1.76. The SMILES string of the molecule is CNc1cc(C(=O)N(CCO)CC(F)F)cc(C)n1. The minimum absolute atomic E-state index is 0.126. The lowest BCUT2D eigenvalue weighted by molar-refractivity contribution is 0.0509. The van der Waals surface area contributed by atoms with Crippen molar-refractivity contribution in [2.45, 2.75) is 13.3 Å². The Morgan fingerprint density at radius 3 is 2.74 bits per heavy atom. The van der Waals surface area contributed by atoms with Crippen molar-refractivity contribution in [3.05, 3.63) is 23.4 Å². The van der Waals surface area contributed by atoms with Gasteiger partial charge in [-0.05, 0) is 19.1 Å². The van der Waals surface area contributed by atoms with Crippen molar-refractivity contribution in [2.24, 2.45) is 0 Å². The third kappa shape index (κ3) is 4.44. The number of anilines is 1. The molecule has 5 nitrogen and oxygen atoms in total. The minimum atomic E-state index is -2.64. The molecule has 0 fully saturated rings. The fraction of sp³-hybridized carbons (Fsp3) is 0.500. The highest BCUT2D eigenvalue weighted by Crippen LogP contribution is 2.13. The Bertz CT molecular complexity index is 441. The van der Waals surface area contributed by atoms with E-state index in [-0.39, 0.29) is 18.7 Å². The largest absolute Gasteiger partial charge is 0.395 e. The second kappa shape index (κ2) is 6.98. The van der Waals surface area contributed by atoms with Crippen molar-refractivity contribution in [2.75, 3.05) is 32.1 Å². The number of hydrogen-bond acceptors (Lipinski definition) is 4. The van der Waals surface area contributed by atoms with Crippen LogP contribution >= 0.6 is 0 Å². The Balaban J connectivity index is 2.98. The summed E-state index contributed by atoms with van der Waals surface area (Å²) >= 11 is 0. The van der Waals surface area contributed by atoms with E-state index < -0.39 is 18.9 Å². The summed E-state index contributed by atoms with van der Waals surface area (Å²) in [6.45, 7) is 0.525. The van der Waals surface area contributed by atoms with Crippen LogP contribution in [0.15, 0.2) is 12.1 Å². The van der Waals surface area contributed by atoms with Gasteiger partial charge in [0, 0.05) is 24.8 Å². The molecular formula is C12H17F2N3O2. The van der Waals surface area contributed by atoms with Crippen LogP contribution in [0.4, 0.5) is 14.6 Å². The Morgan fingerprint density at radius 2 is 2.21 bits per heavy atom. The number of pyridine rings is 1. The lowest BCUT2D eigenvalue weighted by Crippen LogP contribution is -2.37. The van der Waals surface area contributed by atoms with Crippen molar-refractivity contribution in [1.29, 1.82) is 0 Å². The third-order valence-electron chi connectivity index (χ3n) is 2.47. The maximum atomic E-state index is 12.4. The van der Waals surface area contributed by atoms with Gasteiger partial charge < -0.3 is 15.3 Å². The first-order valence-electron chi connectivity index (χ1n) is 5.82. The average molecular weight is 273 g/mol. The monoisotopic (exact) mass is 273 g/mol. The Labute approximate surface area is 110 Å². The zero-order chi connectivity index (χ0) is 14.4. The van der Waals surface area contributed by atoms with Gasteiger partial charge in [-0.1, -0.05) is 0 Å². The summed E-state index contributed by atoms with van der Waals surface area (Å²) in [4.78, 5) is 17.2. The van der Waals surface area contributed by atoms with Crippen molar-refractivity contribution in [3.63, 3.8) is 0 Å². The zero-order valence-corrected chi connectivity index (χ0v) is 10.9. The molecule has 0 saturated carbocycles. The lowest BCUT2D eigenvalue weighted by Gasteiger charge is -2.21. The summed E-state index contributed by atoms with van der Waals surface area (Å²) in [6, 6.07) is 3.02. The van der Waals surface area contributed by atoms with Gasteiger partial charge in [0.1, 0.15) is 5.82 Å². The molecule has 0 aliphatic carbocycles. The highest BCUT2D eigenvalue weighted by Gasteiger charge is 2.20. The summed E-state index contributed by atoms with van der Waals surface area (Å²) in [5.41, 5.74) is 0.877. The lowest BCUT2D eigenvalue weighted by atomic mass is 10.2. The van der Waals surface area contributed by atoms with Gasteiger partial charge in [0.05, 0.1) is 13.2 Å². The molecule has 0 aliphatic heterocycles. The molecule has 1 heterocycles. The van der Waals surface area contributed by atoms with E-state index in [2.05, 4.69) is 10.3 Å². The normalized spacial score (nSPS) is 10.6. The highest BCUT2D eigenvalue weighted by atomic mass is 19.3. The topological polar surface area (TPSA) is 65.5 Å². The van der Waals surface area contributed by atoms with Crippen LogP contribution in [-0.2, 0) is 0 Å². The van der Waals surface area contributed by atoms with Gasteiger partial charge >= 0.3 is 0 Å². The van der Waals surface area contributed by atoms with E-state index in [1.165, 1.54) is 12.1 Å². The molecule has 7 heteroatoms. The Kier molecular flexibility index (Phi) is 5.62. The number of carbonyl (C=O) groups excluding carboxylic acids is 1. The average Bonchev–Trinajstić information content (AvgIpc) is 2.36. The van der Waals surface area contributed by atoms with Gasteiger partial charge in [-0.2, -0.15) is 0 Å². The first kappa shape index (κ1) is 15.3. The van der Waals surface area contributed by atoms with Crippen LogP contribution in [0.3, 0.4) is 0 Å². The fourth-order valence-electron chi connectivity index (χ4n) is 1.67. The van der Waals surface area contributed by atoms with Gasteiger partial charge in [-0.3, -0.25) is 4.79 Å². The van der Waals surface area contributed by atoms with Crippen LogP contribution in [0.1, 0.15) is 16.1 Å². The van der Waals surface area contributed by atoms with E-state index in [0.717, 1.165) is 4.90 Å². The molecule has 1 amide bonds. The van der Waals surface area contributed by atoms with Gasteiger partial charge in [0.15, 0.2) is 0 Å². The summed E-state index contributed by atoms with van der Waals surface area (Å²) in [5.74, 6) is -0.0549. The number of amides is 1. The van der Waals surface area contributed by atoms with Gasteiger partial charge in [-0.25, -0.2) is 13.8 Å². The van der Waals surface area contributed by atoms with Gasteiger partial charge in [0.2, 0.25) is 0 Å². The summed E-state index contributed by atoms with van der Waals surface area (Å²) < 4.78 is 24.8. The molecule has 0 aromatic carbocycles. The maximum Gasteiger partial charge on any atom is 0.255 e. The van der Waals surface area contributed by atoms with Crippen LogP contribution in [0, 0.1) is 6.92 Å². The van der Waals surface area contributed by atoms with E-state index >= 15 is 0 Å². The molecule has 0 spiro atoms. The van der Waals surface area contributed by atoms with E-state index in [4.69, 9.17) is 5.11 Å². The van der Waals surface area contributed by atoms with E-state index in [1.807, 2.05) is 0 Å². The van der Waals surface area contributed by atoms with E-state index in [0.29, 0.717) is 11.5 Å². The number of nitrogens with one attached hydrogen (secondary N) is 1. The molecule has 0 saturated heterocycles. The zero-order valence-electron chi connectivity index (χ0n) is 10.9. The van der Waals surface area contributed by atoms with E-state index in [1.54, 1.807) is 14.0 Å². The molecular weight excluding hydrogens is 256 g/mol. The second-order valence-electron chi connectivity index (χ2n) is 4.00. The molecule has 19 heavy (non-hydrogen) atoms. The smallest absolute Gasteiger partial charge is 0.255 e. The van der Waals surface area contributed by atoms with Crippen LogP contribution in [0.2, 0.25) is 0 Å². The molecule has 2 N–H and O–H groups in total. The second-order valence-corrected chi connectivity index (χ2v) is 4.00. The predicted octanol–water partition coefficient (Wildman–Crippen LogP) is 1.13. The standard InChI is InChI=1S/C12H17F2N3O2/c1-8-5-9(6-11(15-2)16-8)12(19)17(3-4-18)7-10(13)14/h5-6,10,18H,3-4,7H2,1-2H3,(H,15,16). The van der Waals surface area contributed by atoms with Gasteiger partial charge in [0.25, 0.3) is 12.3 Å².